The van der Waals surface area contributed by atoms with Crippen molar-refractivity contribution >= 4 is 18.3 Å². The van der Waals surface area contributed by atoms with Crippen molar-refractivity contribution in [3.05, 3.63) is 24.3 Å². The molecule has 0 aliphatic rings. The van der Waals surface area contributed by atoms with E-state index in [1.807, 2.05) is 12.1 Å². The van der Waals surface area contributed by atoms with Crippen LogP contribution in [0.15, 0.2) is 29.2 Å². The Hall–Kier alpha value is -0.630. The highest BCUT2D eigenvalue weighted by molar-refractivity contribution is 7.80. The van der Waals surface area contributed by atoms with E-state index in [4.69, 9.17) is 0 Å². The van der Waals surface area contributed by atoms with Crippen LogP contribution in [-0.4, -0.2) is 6.54 Å². The predicted octanol–water partition coefficient (Wildman–Crippen LogP) is 3.19. The summed E-state index contributed by atoms with van der Waals surface area (Å²) >= 11 is 4.21. The van der Waals surface area contributed by atoms with Crippen LogP contribution in [0.2, 0.25) is 0 Å². The van der Waals surface area contributed by atoms with Crippen molar-refractivity contribution in [2.75, 3.05) is 11.9 Å². The van der Waals surface area contributed by atoms with Gasteiger partial charge in [-0.15, -0.1) is 12.6 Å². The lowest BCUT2D eigenvalue weighted by atomic mass is 10.3. The summed E-state index contributed by atoms with van der Waals surface area (Å²) in [7, 11) is 0. The molecule has 0 spiro atoms. The average Bonchev–Trinajstić information content (AvgIpc) is 2.09. The molecule has 0 aliphatic heterocycles. The molecule has 0 saturated heterocycles. The van der Waals surface area contributed by atoms with Crippen LogP contribution >= 0.6 is 12.6 Å². The molecule has 0 amide bonds. The third-order valence-electron chi connectivity index (χ3n) is 1.73. The maximum atomic E-state index is 4.21. The lowest BCUT2D eigenvalue weighted by molar-refractivity contribution is 0.834. The second-order valence-corrected chi connectivity index (χ2v) is 3.34. The highest BCUT2D eigenvalue weighted by atomic mass is 32.1. The molecule has 1 N–H and O–H groups in total. The van der Waals surface area contributed by atoms with Crippen molar-refractivity contribution in [3.8, 4) is 0 Å². The summed E-state index contributed by atoms with van der Waals surface area (Å²) in [5, 5.41) is 3.34. The molecular weight excluding hydrogens is 166 g/mol. The Labute approximate surface area is 79.6 Å². The Morgan fingerprint density at radius 3 is 2.50 bits per heavy atom. The van der Waals surface area contributed by atoms with Gasteiger partial charge in [-0.3, -0.25) is 0 Å². The predicted molar refractivity (Wildman–Crippen MR) is 57.1 cm³/mol. The number of thiol groups is 1. The average molecular weight is 181 g/mol. The van der Waals surface area contributed by atoms with Gasteiger partial charge in [0.2, 0.25) is 0 Å². The third kappa shape index (κ3) is 3.18. The Morgan fingerprint density at radius 2 is 1.92 bits per heavy atom. The Bertz CT molecular complexity index is 218. The van der Waals surface area contributed by atoms with Gasteiger partial charge in [-0.1, -0.05) is 13.3 Å². The molecule has 1 rings (SSSR count). The van der Waals surface area contributed by atoms with Crippen LogP contribution in [0.4, 0.5) is 5.69 Å². The Balaban J connectivity index is 2.37. The zero-order valence-electron chi connectivity index (χ0n) is 7.38. The van der Waals surface area contributed by atoms with Crippen LogP contribution < -0.4 is 5.32 Å². The van der Waals surface area contributed by atoms with E-state index < -0.39 is 0 Å². The summed E-state index contributed by atoms with van der Waals surface area (Å²) in [6, 6.07) is 8.10. The zero-order valence-corrected chi connectivity index (χ0v) is 8.27. The van der Waals surface area contributed by atoms with Gasteiger partial charge in [0.15, 0.2) is 0 Å². The minimum absolute atomic E-state index is 1.01. The fourth-order valence-corrected chi connectivity index (χ4v) is 1.14. The smallest absolute Gasteiger partial charge is 0.0340 e. The summed E-state index contributed by atoms with van der Waals surface area (Å²) < 4.78 is 0. The molecule has 0 atom stereocenters. The largest absolute Gasteiger partial charge is 0.385 e. The number of rotatable bonds is 4. The van der Waals surface area contributed by atoms with Crippen molar-refractivity contribution in [2.24, 2.45) is 0 Å². The van der Waals surface area contributed by atoms with E-state index in [1.165, 1.54) is 18.5 Å². The molecule has 2 heteroatoms. The van der Waals surface area contributed by atoms with Crippen molar-refractivity contribution in [3.63, 3.8) is 0 Å². The molecule has 12 heavy (non-hydrogen) atoms. The summed E-state index contributed by atoms with van der Waals surface area (Å²) in [6.07, 6.45) is 2.46. The second kappa shape index (κ2) is 5.09. The highest BCUT2D eigenvalue weighted by Crippen LogP contribution is 2.11. The van der Waals surface area contributed by atoms with Crippen LogP contribution in [0.1, 0.15) is 19.8 Å². The lowest BCUT2D eigenvalue weighted by Gasteiger charge is -2.04. The minimum atomic E-state index is 1.01. The lowest BCUT2D eigenvalue weighted by Crippen LogP contribution is -1.99. The monoisotopic (exact) mass is 181 g/mol. The quantitative estimate of drug-likeness (QED) is 0.537. The van der Waals surface area contributed by atoms with Crippen LogP contribution in [0.3, 0.4) is 0 Å². The Kier molecular flexibility index (Phi) is 4.01. The van der Waals surface area contributed by atoms with Crippen molar-refractivity contribution in [1.29, 1.82) is 0 Å². The first kappa shape index (κ1) is 9.46. The number of hydrogen-bond acceptors (Lipinski definition) is 2. The number of hydrogen-bond donors (Lipinski definition) is 2. The highest BCUT2D eigenvalue weighted by Gasteiger charge is 1.89. The fourth-order valence-electron chi connectivity index (χ4n) is 0.989. The van der Waals surface area contributed by atoms with E-state index in [1.54, 1.807) is 0 Å². The van der Waals surface area contributed by atoms with Gasteiger partial charge in [0.1, 0.15) is 0 Å². The molecule has 0 heterocycles. The number of unbranched alkanes of at least 4 members (excludes halogenated alkanes) is 1. The molecular formula is C10H15NS. The van der Waals surface area contributed by atoms with E-state index in [9.17, 15) is 0 Å². The van der Waals surface area contributed by atoms with E-state index in [2.05, 4.69) is 37.0 Å². The molecule has 0 bridgehead atoms. The van der Waals surface area contributed by atoms with Crippen molar-refractivity contribution in [2.45, 2.75) is 24.7 Å². The van der Waals surface area contributed by atoms with E-state index in [-0.39, 0.29) is 0 Å². The molecule has 0 unspecified atom stereocenters. The molecule has 1 nitrogen and oxygen atoms in total. The second-order valence-electron chi connectivity index (χ2n) is 2.83. The first-order valence-electron chi connectivity index (χ1n) is 4.36. The van der Waals surface area contributed by atoms with E-state index >= 15 is 0 Å². The standard InChI is InChI=1S/C10H15NS/c1-2-3-8-11-9-4-6-10(12)7-5-9/h4-7,11-12H,2-3,8H2,1H3. The van der Waals surface area contributed by atoms with E-state index in [0.29, 0.717) is 0 Å². The molecule has 0 saturated carbocycles. The zero-order chi connectivity index (χ0) is 8.81. The van der Waals surface area contributed by atoms with Crippen LogP contribution in [-0.2, 0) is 0 Å². The fraction of sp³-hybridized carbons (Fsp3) is 0.400. The summed E-state index contributed by atoms with van der Waals surface area (Å²) in [6.45, 7) is 3.25. The van der Waals surface area contributed by atoms with Crippen molar-refractivity contribution in [1.82, 2.24) is 0 Å². The summed E-state index contributed by atoms with van der Waals surface area (Å²) in [4.78, 5) is 1.01. The first-order chi connectivity index (χ1) is 5.83. The first-order valence-corrected chi connectivity index (χ1v) is 4.80. The van der Waals surface area contributed by atoms with Gasteiger partial charge in [0.25, 0.3) is 0 Å². The number of benzene rings is 1. The molecule has 0 aromatic heterocycles. The number of anilines is 1. The van der Waals surface area contributed by atoms with Crippen LogP contribution in [0, 0.1) is 0 Å². The van der Waals surface area contributed by atoms with Crippen LogP contribution in [0.25, 0.3) is 0 Å². The SMILES string of the molecule is CCCCNc1ccc(S)cc1. The maximum absolute atomic E-state index is 4.21. The maximum Gasteiger partial charge on any atom is 0.0340 e. The normalized spacial score (nSPS) is 9.83. The van der Waals surface area contributed by atoms with Gasteiger partial charge < -0.3 is 5.32 Å². The third-order valence-corrected chi connectivity index (χ3v) is 2.02. The Morgan fingerprint density at radius 1 is 1.25 bits per heavy atom. The molecule has 1 aromatic rings. The topological polar surface area (TPSA) is 12.0 Å². The van der Waals surface area contributed by atoms with Crippen LogP contribution in [0.5, 0.6) is 0 Å². The molecule has 1 aromatic carbocycles. The molecule has 0 aliphatic carbocycles. The number of nitrogens with one attached hydrogen (secondary N) is 1. The van der Waals surface area contributed by atoms with Gasteiger partial charge in [-0.2, -0.15) is 0 Å². The van der Waals surface area contributed by atoms with Gasteiger partial charge in [-0.25, -0.2) is 0 Å². The molecule has 0 radical (unpaired) electrons. The molecule has 0 fully saturated rings. The van der Waals surface area contributed by atoms with Crippen molar-refractivity contribution < 1.29 is 0 Å². The van der Waals surface area contributed by atoms with Gasteiger partial charge in [0, 0.05) is 17.1 Å². The van der Waals surface area contributed by atoms with Gasteiger partial charge in [-0.05, 0) is 30.7 Å². The van der Waals surface area contributed by atoms with Gasteiger partial charge in [0.05, 0.1) is 0 Å². The molecule has 66 valence electrons. The van der Waals surface area contributed by atoms with E-state index in [0.717, 1.165) is 11.4 Å². The van der Waals surface area contributed by atoms with Gasteiger partial charge >= 0.3 is 0 Å². The minimum Gasteiger partial charge on any atom is -0.385 e. The summed E-state index contributed by atoms with van der Waals surface area (Å²) in [5.41, 5.74) is 1.18. The summed E-state index contributed by atoms with van der Waals surface area (Å²) in [5.74, 6) is 0.